The van der Waals surface area contributed by atoms with Gasteiger partial charge in [0.25, 0.3) is 0 Å². The van der Waals surface area contributed by atoms with Gasteiger partial charge in [0.05, 0.1) is 17.7 Å². The number of thiophene rings is 1. The van der Waals surface area contributed by atoms with Gasteiger partial charge in [-0.3, -0.25) is 0 Å². The van der Waals surface area contributed by atoms with E-state index in [4.69, 9.17) is 11.0 Å². The van der Waals surface area contributed by atoms with Gasteiger partial charge in [0, 0.05) is 28.5 Å². The predicted octanol–water partition coefficient (Wildman–Crippen LogP) is 3.84. The van der Waals surface area contributed by atoms with Crippen LogP contribution in [0.1, 0.15) is 34.7 Å². The maximum atomic E-state index is 9.07. The molecule has 0 radical (unpaired) electrons. The van der Waals surface area contributed by atoms with Gasteiger partial charge in [-0.25, -0.2) is 0 Å². The second-order valence-corrected chi connectivity index (χ2v) is 6.56. The largest absolute Gasteiger partial charge is 0.365 e. The third kappa shape index (κ3) is 3.44. The van der Waals surface area contributed by atoms with Crippen LogP contribution in [0.25, 0.3) is 0 Å². The highest BCUT2D eigenvalue weighted by Gasteiger charge is 2.25. The fourth-order valence-corrected chi connectivity index (χ4v) is 3.58. The molecule has 3 nitrogen and oxygen atoms in total. The first-order valence-corrected chi connectivity index (χ1v) is 7.93. The first-order valence-electron chi connectivity index (χ1n) is 7.11. The molecule has 0 spiro atoms. The Balaban J connectivity index is 2.38. The molecule has 2 unspecified atom stereocenters. The molecular weight excluding hydrogens is 278 g/mol. The van der Waals surface area contributed by atoms with Crippen LogP contribution in [0.2, 0.25) is 0 Å². The van der Waals surface area contributed by atoms with Crippen molar-refractivity contribution < 1.29 is 0 Å². The highest BCUT2D eigenvalue weighted by molar-refractivity contribution is 7.12. The zero-order valence-electron chi connectivity index (χ0n) is 12.7. The van der Waals surface area contributed by atoms with Gasteiger partial charge in [0.15, 0.2) is 0 Å². The molecule has 1 aromatic carbocycles. The highest BCUT2D eigenvalue weighted by atomic mass is 32.1. The molecule has 0 aliphatic carbocycles. The third-order valence-electron chi connectivity index (χ3n) is 3.73. The molecule has 0 aliphatic rings. The Morgan fingerprint density at radius 1 is 1.33 bits per heavy atom. The molecule has 0 saturated carbocycles. The van der Waals surface area contributed by atoms with Crippen LogP contribution >= 0.6 is 11.3 Å². The molecule has 0 amide bonds. The summed E-state index contributed by atoms with van der Waals surface area (Å²) in [6.07, 6.45) is 0.907. The van der Waals surface area contributed by atoms with Crippen LogP contribution in [0.15, 0.2) is 36.4 Å². The van der Waals surface area contributed by atoms with Gasteiger partial charge in [-0.05, 0) is 43.7 Å². The summed E-state index contributed by atoms with van der Waals surface area (Å²) in [4.78, 5) is 4.74. The maximum Gasteiger partial charge on any atom is 0.0992 e. The lowest BCUT2D eigenvalue weighted by Crippen LogP contribution is -2.38. The average molecular weight is 299 g/mol. The molecule has 2 rings (SSSR count). The molecule has 2 N–H and O–H groups in total. The van der Waals surface area contributed by atoms with E-state index < -0.39 is 0 Å². The Bertz CT molecular complexity index is 641. The van der Waals surface area contributed by atoms with Crippen LogP contribution in [0.3, 0.4) is 0 Å². The van der Waals surface area contributed by atoms with Crippen molar-refractivity contribution in [2.45, 2.75) is 32.4 Å². The second-order valence-electron chi connectivity index (χ2n) is 5.24. The summed E-state index contributed by atoms with van der Waals surface area (Å²) >= 11 is 1.79. The van der Waals surface area contributed by atoms with Gasteiger partial charge in [-0.2, -0.15) is 5.26 Å². The summed E-state index contributed by atoms with van der Waals surface area (Å²) < 4.78 is 0. The van der Waals surface area contributed by atoms with Crippen LogP contribution in [-0.2, 0) is 0 Å². The minimum absolute atomic E-state index is 0.0544. The van der Waals surface area contributed by atoms with Gasteiger partial charge in [-0.1, -0.05) is 13.0 Å². The lowest BCUT2D eigenvalue weighted by atomic mass is 10.0. The minimum Gasteiger partial charge on any atom is -0.365 e. The van der Waals surface area contributed by atoms with Crippen molar-refractivity contribution in [3.05, 3.63) is 51.7 Å². The number of benzene rings is 1. The molecular formula is C17H21N3S. The minimum atomic E-state index is 0.0544. The zero-order valence-corrected chi connectivity index (χ0v) is 13.5. The number of nitriles is 1. The fourth-order valence-electron chi connectivity index (χ4n) is 2.48. The number of likely N-dealkylation sites (N-methyl/N-ethyl adjacent to an activating group) is 1. The van der Waals surface area contributed by atoms with E-state index in [1.54, 1.807) is 11.3 Å². The summed E-state index contributed by atoms with van der Waals surface area (Å²) in [6.45, 7) is 4.22. The van der Waals surface area contributed by atoms with Crippen molar-refractivity contribution in [2.75, 3.05) is 11.9 Å². The Morgan fingerprint density at radius 3 is 2.67 bits per heavy atom. The van der Waals surface area contributed by atoms with E-state index in [2.05, 4.69) is 36.9 Å². The highest BCUT2D eigenvalue weighted by Crippen LogP contribution is 2.33. The van der Waals surface area contributed by atoms with Crippen LogP contribution in [0, 0.1) is 18.3 Å². The standard InChI is InChI=1S/C17H21N3S/c1-4-15(19)17(16-9-8-12(2)21-16)20(3)14-7-5-6-13(10-14)11-18/h5-10,15,17H,4,19H2,1-3H3. The summed E-state index contributed by atoms with van der Waals surface area (Å²) in [5.74, 6) is 0. The van der Waals surface area contributed by atoms with Gasteiger partial charge in [0.1, 0.15) is 0 Å². The smallest absolute Gasteiger partial charge is 0.0992 e. The third-order valence-corrected chi connectivity index (χ3v) is 4.80. The van der Waals surface area contributed by atoms with E-state index in [1.807, 2.05) is 31.3 Å². The zero-order chi connectivity index (χ0) is 15.4. The Labute approximate surface area is 130 Å². The lowest BCUT2D eigenvalue weighted by molar-refractivity contribution is 0.516. The number of hydrogen-bond donors (Lipinski definition) is 1. The molecule has 0 bridgehead atoms. The van der Waals surface area contributed by atoms with Crippen LogP contribution < -0.4 is 10.6 Å². The first kappa shape index (κ1) is 15.6. The van der Waals surface area contributed by atoms with E-state index in [0.29, 0.717) is 5.56 Å². The van der Waals surface area contributed by atoms with Crippen molar-refractivity contribution in [3.63, 3.8) is 0 Å². The monoisotopic (exact) mass is 299 g/mol. The van der Waals surface area contributed by atoms with Gasteiger partial charge in [0.2, 0.25) is 0 Å². The molecule has 0 aliphatic heterocycles. The maximum absolute atomic E-state index is 9.07. The summed E-state index contributed by atoms with van der Waals surface area (Å²) in [7, 11) is 2.05. The van der Waals surface area contributed by atoms with Crippen molar-refractivity contribution in [1.29, 1.82) is 5.26 Å². The molecule has 2 aromatic rings. The normalized spacial score (nSPS) is 13.5. The topological polar surface area (TPSA) is 53.0 Å². The molecule has 4 heteroatoms. The molecule has 110 valence electrons. The number of anilines is 1. The summed E-state index contributed by atoms with van der Waals surface area (Å²) in [5, 5.41) is 9.07. The quantitative estimate of drug-likeness (QED) is 0.912. The molecule has 0 saturated heterocycles. The first-order chi connectivity index (χ1) is 10.1. The van der Waals surface area contributed by atoms with E-state index in [-0.39, 0.29) is 12.1 Å². The SMILES string of the molecule is CCC(N)C(c1ccc(C)s1)N(C)c1cccc(C#N)c1. The van der Waals surface area contributed by atoms with Crippen molar-refractivity contribution >= 4 is 17.0 Å². The number of nitrogens with zero attached hydrogens (tertiary/aromatic N) is 2. The van der Waals surface area contributed by atoms with Crippen LogP contribution in [0.4, 0.5) is 5.69 Å². The molecule has 0 fully saturated rings. The van der Waals surface area contributed by atoms with Gasteiger partial charge < -0.3 is 10.6 Å². The number of hydrogen-bond acceptors (Lipinski definition) is 4. The van der Waals surface area contributed by atoms with Crippen molar-refractivity contribution in [1.82, 2.24) is 0 Å². The lowest BCUT2D eigenvalue weighted by Gasteiger charge is -2.33. The van der Waals surface area contributed by atoms with E-state index in [1.165, 1.54) is 9.75 Å². The van der Waals surface area contributed by atoms with Gasteiger partial charge in [-0.15, -0.1) is 11.3 Å². The van der Waals surface area contributed by atoms with Crippen LogP contribution in [0.5, 0.6) is 0 Å². The van der Waals surface area contributed by atoms with Crippen molar-refractivity contribution in [2.24, 2.45) is 5.73 Å². The van der Waals surface area contributed by atoms with Gasteiger partial charge >= 0.3 is 0 Å². The molecule has 21 heavy (non-hydrogen) atoms. The Hall–Kier alpha value is -1.83. The number of rotatable bonds is 5. The Morgan fingerprint density at radius 2 is 2.10 bits per heavy atom. The molecule has 2 atom stereocenters. The van der Waals surface area contributed by atoms with E-state index >= 15 is 0 Å². The van der Waals surface area contributed by atoms with E-state index in [0.717, 1.165) is 12.1 Å². The average Bonchev–Trinajstić information content (AvgIpc) is 2.93. The number of aryl methyl sites for hydroxylation is 1. The fraction of sp³-hybridized carbons (Fsp3) is 0.353. The summed E-state index contributed by atoms with van der Waals surface area (Å²) in [5.41, 5.74) is 8.06. The predicted molar refractivity (Wildman–Crippen MR) is 89.6 cm³/mol. The Kier molecular flexibility index (Phi) is 5.00. The summed E-state index contributed by atoms with van der Waals surface area (Å²) in [6, 6.07) is 14.3. The second kappa shape index (κ2) is 6.75. The van der Waals surface area contributed by atoms with Crippen molar-refractivity contribution in [3.8, 4) is 6.07 Å². The number of nitrogens with two attached hydrogens (primary N) is 1. The molecule has 1 heterocycles. The van der Waals surface area contributed by atoms with E-state index in [9.17, 15) is 0 Å². The van der Waals surface area contributed by atoms with Crippen LogP contribution in [-0.4, -0.2) is 13.1 Å². The molecule has 1 aromatic heterocycles.